The van der Waals surface area contributed by atoms with Crippen molar-refractivity contribution in [3.8, 4) is 0 Å². The molecule has 0 aliphatic carbocycles. The molecule has 2 nitrogen and oxygen atoms in total. The second-order valence-corrected chi connectivity index (χ2v) is 3.62. The summed E-state index contributed by atoms with van der Waals surface area (Å²) in [6, 6.07) is 8.29. The van der Waals surface area contributed by atoms with Gasteiger partial charge in [-0.3, -0.25) is 0 Å². The van der Waals surface area contributed by atoms with E-state index >= 15 is 0 Å². The lowest BCUT2D eigenvalue weighted by Gasteiger charge is -2.02. The molecule has 0 bridgehead atoms. The maximum atomic E-state index is 11.0. The van der Waals surface area contributed by atoms with Crippen molar-refractivity contribution in [1.82, 2.24) is 0 Å². The van der Waals surface area contributed by atoms with Crippen molar-refractivity contribution in [2.75, 3.05) is 6.61 Å². The van der Waals surface area contributed by atoms with Gasteiger partial charge in [-0.25, -0.2) is 4.79 Å². The van der Waals surface area contributed by atoms with E-state index in [-0.39, 0.29) is 5.97 Å². The number of ether oxygens (including phenoxy) is 1. The molecule has 0 radical (unpaired) electrons. The Balaban J connectivity index is 2.36. The highest BCUT2D eigenvalue weighted by Gasteiger charge is 1.96. The lowest BCUT2D eigenvalue weighted by atomic mass is 10.0. The summed E-state index contributed by atoms with van der Waals surface area (Å²) in [7, 11) is 0. The van der Waals surface area contributed by atoms with Crippen LogP contribution in [0, 0.1) is 6.92 Å². The maximum Gasteiger partial charge on any atom is 0.330 e. The molecule has 0 N–H and O–H groups in total. The van der Waals surface area contributed by atoms with E-state index in [1.165, 1.54) is 17.2 Å². The summed E-state index contributed by atoms with van der Waals surface area (Å²) >= 11 is 0. The van der Waals surface area contributed by atoms with Crippen LogP contribution in [0.1, 0.15) is 24.5 Å². The highest BCUT2D eigenvalue weighted by molar-refractivity contribution is 5.81. The van der Waals surface area contributed by atoms with Gasteiger partial charge in [0, 0.05) is 6.08 Å². The number of carbonyl (C=O) groups excluding carboxylic acids is 1. The van der Waals surface area contributed by atoms with Gasteiger partial charge in [0.1, 0.15) is 0 Å². The summed E-state index contributed by atoms with van der Waals surface area (Å²) in [5.74, 6) is -0.257. The van der Waals surface area contributed by atoms with Gasteiger partial charge in [-0.1, -0.05) is 30.3 Å². The van der Waals surface area contributed by atoms with E-state index in [1.807, 2.05) is 18.2 Å². The Morgan fingerprint density at radius 2 is 2.12 bits per heavy atom. The molecule has 86 valence electrons. The molecule has 0 saturated carbocycles. The Morgan fingerprint density at radius 1 is 1.38 bits per heavy atom. The number of benzene rings is 1. The number of hydrogen-bond donors (Lipinski definition) is 0. The number of carbonyl (C=O) groups is 1. The van der Waals surface area contributed by atoms with Gasteiger partial charge in [-0.2, -0.15) is 0 Å². The molecule has 0 heterocycles. The minimum atomic E-state index is -0.257. The van der Waals surface area contributed by atoms with E-state index in [4.69, 9.17) is 4.74 Å². The predicted octanol–water partition coefficient (Wildman–Crippen LogP) is 3.05. The molecule has 0 saturated heterocycles. The van der Waals surface area contributed by atoms with Crippen molar-refractivity contribution in [3.05, 3.63) is 47.5 Å². The Morgan fingerprint density at radius 3 is 2.81 bits per heavy atom. The van der Waals surface area contributed by atoms with Gasteiger partial charge < -0.3 is 4.74 Å². The first kappa shape index (κ1) is 12.5. The molecule has 0 atom stereocenters. The van der Waals surface area contributed by atoms with Crippen molar-refractivity contribution >= 4 is 5.97 Å². The van der Waals surface area contributed by atoms with Crippen LogP contribution in [0.15, 0.2) is 36.4 Å². The van der Waals surface area contributed by atoms with E-state index in [2.05, 4.69) is 19.1 Å². The molecule has 0 fully saturated rings. The summed E-state index contributed by atoms with van der Waals surface area (Å²) in [5.41, 5.74) is 2.63. The summed E-state index contributed by atoms with van der Waals surface area (Å²) in [4.78, 5) is 11.0. The Kier molecular flexibility index (Phi) is 5.34. The van der Waals surface area contributed by atoms with Crippen LogP contribution in [0.2, 0.25) is 0 Å². The number of esters is 1. The average Bonchev–Trinajstić information content (AvgIpc) is 2.27. The largest absolute Gasteiger partial charge is 0.463 e. The molecule has 0 spiro atoms. The third-order valence-electron chi connectivity index (χ3n) is 2.38. The van der Waals surface area contributed by atoms with Crippen molar-refractivity contribution in [3.63, 3.8) is 0 Å². The Bertz CT molecular complexity index is 367. The second kappa shape index (κ2) is 6.83. The fraction of sp³-hybridized carbons (Fsp3) is 0.357. The van der Waals surface area contributed by atoms with E-state index < -0.39 is 0 Å². The summed E-state index contributed by atoms with van der Waals surface area (Å²) in [6.45, 7) is 4.34. The quantitative estimate of drug-likeness (QED) is 0.561. The van der Waals surface area contributed by atoms with Crippen LogP contribution < -0.4 is 0 Å². The molecular formula is C14H18O2. The first-order valence-corrected chi connectivity index (χ1v) is 5.62. The van der Waals surface area contributed by atoms with E-state index in [0.717, 1.165) is 12.8 Å². The Labute approximate surface area is 96.9 Å². The summed E-state index contributed by atoms with van der Waals surface area (Å²) in [5, 5.41) is 0. The zero-order valence-corrected chi connectivity index (χ0v) is 9.90. The minimum Gasteiger partial charge on any atom is -0.463 e. The predicted molar refractivity (Wildman–Crippen MR) is 65.3 cm³/mol. The fourth-order valence-electron chi connectivity index (χ4n) is 1.50. The molecular weight excluding hydrogens is 200 g/mol. The topological polar surface area (TPSA) is 26.3 Å². The molecule has 0 aliphatic rings. The third kappa shape index (κ3) is 4.30. The number of rotatable bonds is 5. The van der Waals surface area contributed by atoms with Gasteiger partial charge in [0.15, 0.2) is 0 Å². The van der Waals surface area contributed by atoms with Gasteiger partial charge in [-0.15, -0.1) is 0 Å². The van der Waals surface area contributed by atoms with E-state index in [9.17, 15) is 4.79 Å². The summed E-state index contributed by atoms with van der Waals surface area (Å²) < 4.78 is 4.79. The molecule has 0 amide bonds. The average molecular weight is 218 g/mol. The zero-order valence-electron chi connectivity index (χ0n) is 9.90. The van der Waals surface area contributed by atoms with Gasteiger partial charge in [-0.05, 0) is 37.8 Å². The van der Waals surface area contributed by atoms with Gasteiger partial charge in [0.25, 0.3) is 0 Å². The lowest BCUT2D eigenvalue weighted by Crippen LogP contribution is -1.98. The van der Waals surface area contributed by atoms with E-state index in [0.29, 0.717) is 6.61 Å². The van der Waals surface area contributed by atoms with Crippen LogP contribution in [0.3, 0.4) is 0 Å². The van der Waals surface area contributed by atoms with Crippen molar-refractivity contribution < 1.29 is 9.53 Å². The van der Waals surface area contributed by atoms with Gasteiger partial charge >= 0.3 is 5.97 Å². The lowest BCUT2D eigenvalue weighted by molar-refractivity contribution is -0.137. The molecule has 0 unspecified atom stereocenters. The van der Waals surface area contributed by atoms with Gasteiger partial charge in [0.05, 0.1) is 6.61 Å². The molecule has 1 rings (SSSR count). The molecule has 0 aromatic heterocycles. The van der Waals surface area contributed by atoms with Crippen molar-refractivity contribution in [2.24, 2.45) is 0 Å². The van der Waals surface area contributed by atoms with Crippen molar-refractivity contribution in [2.45, 2.75) is 26.7 Å². The first-order chi connectivity index (χ1) is 7.74. The molecule has 2 heteroatoms. The van der Waals surface area contributed by atoms with Crippen LogP contribution in [-0.4, -0.2) is 12.6 Å². The first-order valence-electron chi connectivity index (χ1n) is 5.62. The normalized spacial score (nSPS) is 10.6. The number of aryl methyl sites for hydroxylation is 2. The van der Waals surface area contributed by atoms with Crippen LogP contribution in [0.4, 0.5) is 0 Å². The Hall–Kier alpha value is -1.57. The van der Waals surface area contributed by atoms with Gasteiger partial charge in [0.2, 0.25) is 0 Å². The smallest absolute Gasteiger partial charge is 0.330 e. The molecule has 16 heavy (non-hydrogen) atoms. The number of hydrogen-bond acceptors (Lipinski definition) is 2. The highest BCUT2D eigenvalue weighted by atomic mass is 16.5. The van der Waals surface area contributed by atoms with E-state index in [1.54, 1.807) is 6.92 Å². The summed E-state index contributed by atoms with van der Waals surface area (Å²) in [6.07, 6.45) is 5.19. The van der Waals surface area contributed by atoms with Crippen LogP contribution in [-0.2, 0) is 16.0 Å². The number of allylic oxidation sites excluding steroid dienone is 1. The SMILES string of the molecule is CCOC(=O)/C=C/CCc1ccccc1C. The third-order valence-corrected chi connectivity index (χ3v) is 2.38. The van der Waals surface area contributed by atoms with Crippen LogP contribution >= 0.6 is 0 Å². The maximum absolute atomic E-state index is 11.0. The molecule has 1 aromatic carbocycles. The molecule has 0 aliphatic heterocycles. The minimum absolute atomic E-state index is 0.257. The standard InChI is InChI=1S/C14H18O2/c1-3-16-14(15)11-7-6-10-13-9-5-4-8-12(13)2/h4-5,7-9,11H,3,6,10H2,1-2H3/b11-7+. The second-order valence-electron chi connectivity index (χ2n) is 3.62. The molecule has 1 aromatic rings. The zero-order chi connectivity index (χ0) is 11.8. The van der Waals surface area contributed by atoms with Crippen molar-refractivity contribution in [1.29, 1.82) is 0 Å². The van der Waals surface area contributed by atoms with Crippen LogP contribution in [0.25, 0.3) is 0 Å². The highest BCUT2D eigenvalue weighted by Crippen LogP contribution is 2.09. The monoisotopic (exact) mass is 218 g/mol. The van der Waals surface area contributed by atoms with Crippen LogP contribution in [0.5, 0.6) is 0 Å². The fourth-order valence-corrected chi connectivity index (χ4v) is 1.50.